The van der Waals surface area contributed by atoms with E-state index in [0.29, 0.717) is 16.0 Å². The number of aromatic nitrogens is 3. The van der Waals surface area contributed by atoms with Gasteiger partial charge in [0.15, 0.2) is 0 Å². The maximum absolute atomic E-state index is 13.4. The number of hydrogen-bond acceptors (Lipinski definition) is 8. The Kier molecular flexibility index (Phi) is 7.49. The Hall–Kier alpha value is -3.85. The Balaban J connectivity index is 1.86. The van der Waals surface area contributed by atoms with E-state index in [1.807, 2.05) is 65.8 Å². The van der Waals surface area contributed by atoms with Gasteiger partial charge in [0, 0.05) is 24.5 Å². The minimum absolute atomic E-state index is 0.190. The zero-order chi connectivity index (χ0) is 28.7. The summed E-state index contributed by atoms with van der Waals surface area (Å²) in [5.74, 6) is 0.874. The summed E-state index contributed by atoms with van der Waals surface area (Å²) < 4.78 is 12.5. The van der Waals surface area contributed by atoms with Gasteiger partial charge >= 0.3 is 5.97 Å². The maximum atomic E-state index is 13.4. The first-order valence-electron chi connectivity index (χ1n) is 12.6. The molecule has 0 atom stereocenters. The molecule has 2 heterocycles. The normalized spacial score (nSPS) is 12.7. The monoisotopic (exact) mass is 547 g/mol. The van der Waals surface area contributed by atoms with Crippen molar-refractivity contribution >= 4 is 28.3 Å². The number of hydrogen-bond donors (Lipinski definition) is 0. The van der Waals surface area contributed by atoms with E-state index < -0.39 is 5.56 Å². The van der Waals surface area contributed by atoms with Crippen LogP contribution in [0.5, 0.6) is 11.5 Å². The predicted molar refractivity (Wildman–Crippen MR) is 153 cm³/mol. The molecule has 0 aliphatic heterocycles. The van der Waals surface area contributed by atoms with E-state index >= 15 is 0 Å². The number of benzene rings is 2. The maximum Gasteiger partial charge on any atom is 0.308 e. The van der Waals surface area contributed by atoms with Crippen molar-refractivity contribution in [3.8, 4) is 11.5 Å². The highest BCUT2D eigenvalue weighted by Crippen LogP contribution is 2.41. The molecule has 0 fully saturated rings. The summed E-state index contributed by atoms with van der Waals surface area (Å²) in [5, 5.41) is 4.37. The van der Waals surface area contributed by atoms with E-state index in [2.05, 4.69) is 10.1 Å². The summed E-state index contributed by atoms with van der Waals surface area (Å²) in [6, 6.07) is 11.2. The minimum atomic E-state index is -0.464. The molecule has 0 saturated heterocycles. The van der Waals surface area contributed by atoms with Gasteiger partial charge in [-0.2, -0.15) is 14.6 Å². The first-order chi connectivity index (χ1) is 18.2. The SMILES string of the molecule is COc1ccc(Cc2nn3c(=O)/c(=C/c4cc(C(C)(C)C)c(OC(C)=O)c(C(C)(C)C)c4)sc3nc2=O)cc1. The molecule has 2 aromatic heterocycles. The fourth-order valence-electron chi connectivity index (χ4n) is 4.24. The Morgan fingerprint density at radius 3 is 2.10 bits per heavy atom. The molecule has 0 N–H and O–H groups in total. The lowest BCUT2D eigenvalue weighted by Crippen LogP contribution is -2.28. The topological polar surface area (TPSA) is 99.9 Å². The van der Waals surface area contributed by atoms with Gasteiger partial charge in [-0.25, -0.2) is 0 Å². The van der Waals surface area contributed by atoms with Gasteiger partial charge in [0.25, 0.3) is 11.1 Å². The van der Waals surface area contributed by atoms with E-state index in [-0.39, 0.29) is 39.4 Å². The lowest BCUT2D eigenvalue weighted by molar-refractivity contribution is -0.132. The van der Waals surface area contributed by atoms with Crippen molar-refractivity contribution in [2.45, 2.75) is 65.7 Å². The van der Waals surface area contributed by atoms with Crippen LogP contribution in [0.15, 0.2) is 46.0 Å². The molecule has 4 aromatic rings. The van der Waals surface area contributed by atoms with Gasteiger partial charge in [-0.1, -0.05) is 65.0 Å². The highest BCUT2D eigenvalue weighted by atomic mass is 32.1. The molecular formula is C30H33N3O5S. The Morgan fingerprint density at radius 2 is 1.59 bits per heavy atom. The van der Waals surface area contributed by atoms with Crippen LogP contribution in [0.4, 0.5) is 0 Å². The molecule has 4 rings (SSSR count). The minimum Gasteiger partial charge on any atom is -0.497 e. The smallest absolute Gasteiger partial charge is 0.308 e. The lowest BCUT2D eigenvalue weighted by atomic mass is 9.78. The van der Waals surface area contributed by atoms with E-state index in [9.17, 15) is 14.4 Å². The highest BCUT2D eigenvalue weighted by molar-refractivity contribution is 7.15. The summed E-state index contributed by atoms with van der Waals surface area (Å²) >= 11 is 1.11. The Morgan fingerprint density at radius 1 is 1.00 bits per heavy atom. The van der Waals surface area contributed by atoms with Crippen molar-refractivity contribution in [1.29, 1.82) is 0 Å². The van der Waals surface area contributed by atoms with Gasteiger partial charge in [-0.3, -0.25) is 14.4 Å². The summed E-state index contributed by atoms with van der Waals surface area (Å²) in [5.41, 5.74) is 2.07. The second-order valence-corrected chi connectivity index (χ2v) is 12.5. The van der Waals surface area contributed by atoms with Crippen LogP contribution in [-0.4, -0.2) is 27.7 Å². The van der Waals surface area contributed by atoms with Crippen LogP contribution in [0, 0.1) is 0 Å². The summed E-state index contributed by atoms with van der Waals surface area (Å²) in [6.07, 6.45) is 2.02. The van der Waals surface area contributed by atoms with Crippen LogP contribution in [-0.2, 0) is 22.0 Å². The quantitative estimate of drug-likeness (QED) is 0.273. The number of ether oxygens (including phenoxy) is 2. The molecule has 2 aromatic carbocycles. The van der Waals surface area contributed by atoms with Crippen molar-refractivity contribution in [2.75, 3.05) is 7.11 Å². The molecular weight excluding hydrogens is 514 g/mol. The van der Waals surface area contributed by atoms with Gasteiger partial charge in [0.05, 0.1) is 11.6 Å². The number of fused-ring (bicyclic) bond motifs is 1. The molecule has 0 spiro atoms. The zero-order valence-corrected chi connectivity index (χ0v) is 24.4. The number of carbonyl (C=O) groups is 1. The molecule has 0 radical (unpaired) electrons. The van der Waals surface area contributed by atoms with Crippen LogP contribution < -0.4 is 25.1 Å². The lowest BCUT2D eigenvalue weighted by Gasteiger charge is -2.29. The summed E-state index contributed by atoms with van der Waals surface area (Å²) in [6.45, 7) is 13.7. The van der Waals surface area contributed by atoms with Gasteiger partial charge in [-0.05, 0) is 52.3 Å². The number of nitrogens with zero attached hydrogens (tertiary/aromatic N) is 3. The largest absolute Gasteiger partial charge is 0.497 e. The van der Waals surface area contributed by atoms with Gasteiger partial charge in [0.2, 0.25) is 4.96 Å². The predicted octanol–water partition coefficient (Wildman–Crippen LogP) is 4.18. The van der Waals surface area contributed by atoms with Crippen molar-refractivity contribution in [1.82, 2.24) is 14.6 Å². The average molecular weight is 548 g/mol. The summed E-state index contributed by atoms with van der Waals surface area (Å²) in [7, 11) is 1.59. The Bertz CT molecular complexity index is 1690. The number of rotatable bonds is 5. The number of esters is 1. The summed E-state index contributed by atoms with van der Waals surface area (Å²) in [4.78, 5) is 42.4. The fraction of sp³-hybridized carbons (Fsp3) is 0.367. The second kappa shape index (κ2) is 10.4. The third-order valence-electron chi connectivity index (χ3n) is 6.25. The molecule has 39 heavy (non-hydrogen) atoms. The average Bonchev–Trinajstić information content (AvgIpc) is 3.12. The number of methoxy groups -OCH3 is 1. The van der Waals surface area contributed by atoms with Crippen molar-refractivity contribution in [3.05, 3.63) is 89.6 Å². The van der Waals surface area contributed by atoms with E-state index in [4.69, 9.17) is 9.47 Å². The van der Waals surface area contributed by atoms with E-state index in [1.165, 1.54) is 11.4 Å². The van der Waals surface area contributed by atoms with Crippen molar-refractivity contribution in [2.24, 2.45) is 0 Å². The first kappa shape index (κ1) is 28.2. The molecule has 0 bridgehead atoms. The van der Waals surface area contributed by atoms with Crippen molar-refractivity contribution < 1.29 is 14.3 Å². The van der Waals surface area contributed by atoms with Crippen LogP contribution in [0.3, 0.4) is 0 Å². The zero-order valence-electron chi connectivity index (χ0n) is 23.5. The Labute approximate surface area is 230 Å². The molecule has 0 aliphatic rings. The molecule has 0 unspecified atom stereocenters. The molecule has 204 valence electrons. The van der Waals surface area contributed by atoms with Crippen LogP contribution >= 0.6 is 11.3 Å². The van der Waals surface area contributed by atoms with Gasteiger partial charge in [0.1, 0.15) is 17.2 Å². The highest BCUT2D eigenvalue weighted by Gasteiger charge is 2.28. The number of thiazole rings is 1. The van der Waals surface area contributed by atoms with Crippen LogP contribution in [0.1, 0.15) is 76.4 Å². The van der Waals surface area contributed by atoms with Gasteiger partial charge in [-0.15, -0.1) is 0 Å². The van der Waals surface area contributed by atoms with Gasteiger partial charge < -0.3 is 9.47 Å². The fourth-order valence-corrected chi connectivity index (χ4v) is 5.15. The third-order valence-corrected chi connectivity index (χ3v) is 7.21. The van der Waals surface area contributed by atoms with Crippen LogP contribution in [0.25, 0.3) is 11.0 Å². The molecule has 0 aliphatic carbocycles. The third kappa shape index (κ3) is 6.09. The van der Waals surface area contributed by atoms with Crippen LogP contribution in [0.2, 0.25) is 0 Å². The van der Waals surface area contributed by atoms with Crippen molar-refractivity contribution in [3.63, 3.8) is 0 Å². The second-order valence-electron chi connectivity index (χ2n) is 11.5. The first-order valence-corrected chi connectivity index (χ1v) is 13.4. The molecule has 9 heteroatoms. The molecule has 0 amide bonds. The van der Waals surface area contributed by atoms with E-state index in [1.54, 1.807) is 25.3 Å². The molecule has 0 saturated carbocycles. The molecule has 8 nitrogen and oxygen atoms in total. The van der Waals surface area contributed by atoms with E-state index in [0.717, 1.165) is 33.6 Å². The number of carbonyl (C=O) groups excluding carboxylic acids is 1. The standard InChI is InChI=1S/C30H33N3O5S/c1-17(34)38-25-21(29(2,3)4)13-19(14-22(25)30(5,6)7)16-24-27(36)33-28(39-24)31-26(35)23(32-33)15-18-9-11-20(37-8)12-10-18/h9-14,16H,15H2,1-8H3/b24-16-.